The van der Waals surface area contributed by atoms with Crippen LogP contribution in [0.4, 0.5) is 0 Å². The molecule has 0 aliphatic carbocycles. The molecule has 19 heavy (non-hydrogen) atoms. The monoisotopic (exact) mass is 319 g/mol. The molecule has 6 heteroatoms. The standard InChI is InChI=1S/C13H15Cl2NO2S/c14-9-2-1-3-10(15)11(9)12(17)16-8-13(18)4-6-19-7-5-13/h1-3,18H,4-8H2,(H,16,17). The largest absolute Gasteiger partial charge is 0.388 e. The van der Waals surface area contributed by atoms with Gasteiger partial charge in [-0.25, -0.2) is 0 Å². The van der Waals surface area contributed by atoms with Crippen LogP contribution in [0.15, 0.2) is 18.2 Å². The zero-order valence-corrected chi connectivity index (χ0v) is 12.6. The Morgan fingerprint density at radius 1 is 1.32 bits per heavy atom. The van der Waals surface area contributed by atoms with Crippen molar-refractivity contribution in [1.82, 2.24) is 5.32 Å². The zero-order chi connectivity index (χ0) is 13.9. The minimum Gasteiger partial charge on any atom is -0.388 e. The maximum absolute atomic E-state index is 12.1. The van der Waals surface area contributed by atoms with Crippen molar-refractivity contribution in [2.75, 3.05) is 18.1 Å². The van der Waals surface area contributed by atoms with Gasteiger partial charge in [0.05, 0.1) is 21.2 Å². The first-order chi connectivity index (χ1) is 9.02. The van der Waals surface area contributed by atoms with E-state index in [4.69, 9.17) is 23.2 Å². The van der Waals surface area contributed by atoms with Crippen LogP contribution in [-0.4, -0.2) is 34.7 Å². The van der Waals surface area contributed by atoms with Gasteiger partial charge < -0.3 is 10.4 Å². The van der Waals surface area contributed by atoms with E-state index in [1.54, 1.807) is 18.2 Å². The van der Waals surface area contributed by atoms with Crippen LogP contribution >= 0.6 is 35.0 Å². The number of rotatable bonds is 3. The Hall–Kier alpha value is -0.420. The summed E-state index contributed by atoms with van der Waals surface area (Å²) in [6, 6.07) is 4.93. The number of carbonyl (C=O) groups is 1. The molecule has 1 aliphatic heterocycles. The first kappa shape index (κ1) is 15.0. The second-order valence-electron chi connectivity index (χ2n) is 4.62. The minimum absolute atomic E-state index is 0.230. The van der Waals surface area contributed by atoms with E-state index in [1.807, 2.05) is 11.8 Å². The fraction of sp³-hybridized carbons (Fsp3) is 0.462. The second kappa shape index (κ2) is 6.35. The Morgan fingerprint density at radius 3 is 2.47 bits per heavy atom. The van der Waals surface area contributed by atoms with E-state index in [9.17, 15) is 9.90 Å². The van der Waals surface area contributed by atoms with Crippen molar-refractivity contribution in [3.63, 3.8) is 0 Å². The Balaban J connectivity index is 2.01. The quantitative estimate of drug-likeness (QED) is 0.900. The topological polar surface area (TPSA) is 49.3 Å². The van der Waals surface area contributed by atoms with Crippen molar-refractivity contribution in [2.24, 2.45) is 0 Å². The summed E-state index contributed by atoms with van der Waals surface area (Å²) in [4.78, 5) is 12.1. The van der Waals surface area contributed by atoms with Gasteiger partial charge in [-0.15, -0.1) is 0 Å². The second-order valence-corrected chi connectivity index (χ2v) is 6.66. The van der Waals surface area contributed by atoms with Gasteiger partial charge in [-0.05, 0) is 36.5 Å². The molecule has 3 nitrogen and oxygen atoms in total. The molecule has 0 saturated carbocycles. The highest BCUT2D eigenvalue weighted by Gasteiger charge is 2.30. The third kappa shape index (κ3) is 3.78. The molecule has 1 aromatic rings. The van der Waals surface area contributed by atoms with Crippen LogP contribution in [0.2, 0.25) is 10.0 Å². The van der Waals surface area contributed by atoms with Gasteiger partial charge in [0.25, 0.3) is 5.91 Å². The van der Waals surface area contributed by atoms with Crippen molar-refractivity contribution in [2.45, 2.75) is 18.4 Å². The van der Waals surface area contributed by atoms with Gasteiger partial charge in [0.2, 0.25) is 0 Å². The van der Waals surface area contributed by atoms with Crippen molar-refractivity contribution in [3.8, 4) is 0 Å². The van der Waals surface area contributed by atoms with Crippen LogP contribution < -0.4 is 5.32 Å². The molecular weight excluding hydrogens is 305 g/mol. The van der Waals surface area contributed by atoms with Crippen LogP contribution in [0.3, 0.4) is 0 Å². The van der Waals surface area contributed by atoms with Gasteiger partial charge in [-0.2, -0.15) is 11.8 Å². The van der Waals surface area contributed by atoms with Crippen molar-refractivity contribution in [3.05, 3.63) is 33.8 Å². The molecule has 2 N–H and O–H groups in total. The number of halogens is 2. The fourth-order valence-corrected chi connectivity index (χ4v) is 3.80. The molecule has 1 aromatic carbocycles. The molecule has 1 aliphatic rings. The van der Waals surface area contributed by atoms with Gasteiger partial charge in [-0.1, -0.05) is 29.3 Å². The number of carbonyl (C=O) groups excluding carboxylic acids is 1. The molecule has 1 heterocycles. The van der Waals surface area contributed by atoms with Gasteiger partial charge in [-0.3, -0.25) is 4.79 Å². The molecule has 104 valence electrons. The van der Waals surface area contributed by atoms with E-state index < -0.39 is 5.60 Å². The Labute approximate surface area is 126 Å². The molecule has 0 bridgehead atoms. The highest BCUT2D eigenvalue weighted by molar-refractivity contribution is 7.99. The van der Waals surface area contributed by atoms with Gasteiger partial charge in [0.15, 0.2) is 0 Å². The van der Waals surface area contributed by atoms with E-state index in [0.29, 0.717) is 22.9 Å². The summed E-state index contributed by atoms with van der Waals surface area (Å²) in [5, 5.41) is 13.7. The Morgan fingerprint density at radius 2 is 1.89 bits per heavy atom. The van der Waals surface area contributed by atoms with Gasteiger partial charge in [0, 0.05) is 6.54 Å². The normalized spacial score (nSPS) is 18.1. The van der Waals surface area contributed by atoms with Crippen molar-refractivity contribution in [1.29, 1.82) is 0 Å². The lowest BCUT2D eigenvalue weighted by molar-refractivity contribution is 0.0311. The first-order valence-corrected chi connectivity index (χ1v) is 7.95. The Kier molecular flexibility index (Phi) is 5.01. The maximum atomic E-state index is 12.1. The maximum Gasteiger partial charge on any atom is 0.254 e. The molecule has 0 spiro atoms. The van der Waals surface area contributed by atoms with Crippen LogP contribution in [-0.2, 0) is 0 Å². The smallest absolute Gasteiger partial charge is 0.254 e. The van der Waals surface area contributed by atoms with Crippen LogP contribution in [0.25, 0.3) is 0 Å². The van der Waals surface area contributed by atoms with Crippen LogP contribution in [0.5, 0.6) is 0 Å². The summed E-state index contributed by atoms with van der Waals surface area (Å²) in [7, 11) is 0. The molecule has 0 unspecified atom stereocenters. The van der Waals surface area contributed by atoms with Crippen LogP contribution in [0, 0.1) is 0 Å². The summed E-state index contributed by atoms with van der Waals surface area (Å²) in [6.07, 6.45) is 1.38. The first-order valence-electron chi connectivity index (χ1n) is 6.04. The van der Waals surface area contributed by atoms with E-state index in [-0.39, 0.29) is 18.0 Å². The molecule has 2 rings (SSSR count). The zero-order valence-electron chi connectivity index (χ0n) is 10.3. The van der Waals surface area contributed by atoms with Crippen molar-refractivity contribution < 1.29 is 9.90 Å². The summed E-state index contributed by atoms with van der Waals surface area (Å²) >= 11 is 13.8. The van der Waals surface area contributed by atoms with E-state index in [0.717, 1.165) is 11.5 Å². The molecule has 0 atom stereocenters. The minimum atomic E-state index is -0.811. The fourth-order valence-electron chi connectivity index (χ4n) is 1.98. The third-order valence-corrected chi connectivity index (χ3v) is 4.81. The average Bonchev–Trinajstić information content (AvgIpc) is 2.37. The molecule has 1 amide bonds. The number of hydrogen-bond acceptors (Lipinski definition) is 3. The highest BCUT2D eigenvalue weighted by atomic mass is 35.5. The number of amides is 1. The number of aliphatic hydroxyl groups is 1. The van der Waals surface area contributed by atoms with E-state index in [2.05, 4.69) is 5.32 Å². The van der Waals surface area contributed by atoms with Gasteiger partial charge in [0.1, 0.15) is 0 Å². The van der Waals surface area contributed by atoms with E-state index >= 15 is 0 Å². The van der Waals surface area contributed by atoms with Crippen molar-refractivity contribution >= 4 is 40.9 Å². The Bertz CT molecular complexity index is 455. The lowest BCUT2D eigenvalue weighted by Gasteiger charge is -2.31. The summed E-state index contributed by atoms with van der Waals surface area (Å²) in [5.74, 6) is 1.49. The summed E-state index contributed by atoms with van der Waals surface area (Å²) in [5.41, 5.74) is -0.547. The SMILES string of the molecule is O=C(NCC1(O)CCSCC1)c1c(Cl)cccc1Cl. The average molecular weight is 320 g/mol. The van der Waals surface area contributed by atoms with E-state index in [1.165, 1.54) is 0 Å². The summed E-state index contributed by atoms with van der Waals surface area (Å²) < 4.78 is 0. The number of thioether (sulfide) groups is 1. The highest BCUT2D eigenvalue weighted by Crippen LogP contribution is 2.27. The number of benzene rings is 1. The lowest BCUT2D eigenvalue weighted by atomic mass is 9.97. The number of hydrogen-bond donors (Lipinski definition) is 2. The molecule has 1 saturated heterocycles. The predicted molar refractivity (Wildman–Crippen MR) is 80.3 cm³/mol. The molecular formula is C13H15Cl2NO2S. The van der Waals surface area contributed by atoms with Crippen LogP contribution in [0.1, 0.15) is 23.2 Å². The predicted octanol–water partition coefficient (Wildman–Crippen LogP) is 2.98. The molecule has 0 radical (unpaired) electrons. The van der Waals surface area contributed by atoms with Gasteiger partial charge >= 0.3 is 0 Å². The molecule has 1 fully saturated rings. The third-order valence-electron chi connectivity index (χ3n) is 3.19. The lowest BCUT2D eigenvalue weighted by Crippen LogP contribution is -2.45. The summed E-state index contributed by atoms with van der Waals surface area (Å²) in [6.45, 7) is 0.230. The number of nitrogens with one attached hydrogen (secondary N) is 1. The molecule has 0 aromatic heterocycles.